The summed E-state index contributed by atoms with van der Waals surface area (Å²) in [5, 5.41) is 9.44. The average molecular weight is 253 g/mol. The molecule has 2 atom stereocenters. The van der Waals surface area contributed by atoms with Crippen LogP contribution in [0, 0.1) is 0 Å². The van der Waals surface area contributed by atoms with Crippen LogP contribution in [-0.4, -0.2) is 46.9 Å². The normalized spacial score (nSPS) is 25.2. The Bertz CT molecular complexity index is 243. The van der Waals surface area contributed by atoms with Gasteiger partial charge < -0.3 is 20.5 Å². The molecule has 1 aliphatic heterocycles. The molecule has 3 N–H and O–H groups in total. The molecule has 6 heteroatoms. The second-order valence-corrected chi connectivity index (χ2v) is 4.91. The van der Waals surface area contributed by atoms with Gasteiger partial charge in [0.15, 0.2) is 0 Å². The van der Waals surface area contributed by atoms with Crippen molar-refractivity contribution in [1.82, 2.24) is 4.90 Å². The van der Waals surface area contributed by atoms with Crippen LogP contribution in [-0.2, 0) is 4.74 Å². The summed E-state index contributed by atoms with van der Waals surface area (Å²) >= 11 is 0. The van der Waals surface area contributed by atoms with Gasteiger partial charge in [0.1, 0.15) is 5.60 Å². The topological polar surface area (TPSA) is 75.8 Å². The molecule has 0 aliphatic carbocycles. The number of nitrogens with zero attached hydrogens (tertiary/aromatic N) is 1. The highest BCUT2D eigenvalue weighted by Crippen LogP contribution is 2.20. The Kier molecular flexibility index (Phi) is 5.52. The van der Waals surface area contributed by atoms with Gasteiger partial charge in [0.25, 0.3) is 0 Å². The van der Waals surface area contributed by atoms with Crippen molar-refractivity contribution in [3.05, 3.63) is 0 Å². The summed E-state index contributed by atoms with van der Waals surface area (Å²) in [5.74, 6) is 0. The zero-order valence-electron chi connectivity index (χ0n) is 9.97. The molecule has 0 aromatic heterocycles. The fourth-order valence-electron chi connectivity index (χ4n) is 1.66. The van der Waals surface area contributed by atoms with E-state index < -0.39 is 17.8 Å². The van der Waals surface area contributed by atoms with Crippen LogP contribution in [0.1, 0.15) is 27.2 Å². The van der Waals surface area contributed by atoms with Gasteiger partial charge in [-0.05, 0) is 27.2 Å². The summed E-state index contributed by atoms with van der Waals surface area (Å²) in [5.41, 5.74) is 5.02. The van der Waals surface area contributed by atoms with Crippen molar-refractivity contribution in [2.75, 3.05) is 13.1 Å². The minimum absolute atomic E-state index is 0. The summed E-state index contributed by atoms with van der Waals surface area (Å²) < 4.78 is 5.22. The first-order valence-corrected chi connectivity index (χ1v) is 5.21. The fraction of sp³-hybridized carbons (Fsp3) is 0.900. The van der Waals surface area contributed by atoms with Crippen LogP contribution >= 0.6 is 12.4 Å². The molecule has 1 aliphatic rings. The van der Waals surface area contributed by atoms with E-state index in [4.69, 9.17) is 10.5 Å². The summed E-state index contributed by atoms with van der Waals surface area (Å²) in [6, 6.07) is -0.102. The van der Waals surface area contributed by atoms with E-state index in [-0.39, 0.29) is 18.4 Å². The molecule has 1 fully saturated rings. The molecule has 16 heavy (non-hydrogen) atoms. The maximum atomic E-state index is 11.7. The number of likely N-dealkylation sites (tertiary alicyclic amines) is 1. The van der Waals surface area contributed by atoms with Gasteiger partial charge in [-0.3, -0.25) is 0 Å². The van der Waals surface area contributed by atoms with Crippen LogP contribution in [0.3, 0.4) is 0 Å². The molecule has 0 aromatic rings. The lowest BCUT2D eigenvalue weighted by molar-refractivity contribution is 0.0213. The summed E-state index contributed by atoms with van der Waals surface area (Å²) in [6.45, 7) is 6.12. The lowest BCUT2D eigenvalue weighted by Crippen LogP contribution is -2.43. The lowest BCUT2D eigenvalue weighted by atomic mass is 10.2. The predicted octanol–water partition coefficient (Wildman–Crippen LogP) is 0.737. The van der Waals surface area contributed by atoms with Crippen molar-refractivity contribution in [2.24, 2.45) is 5.73 Å². The Morgan fingerprint density at radius 1 is 1.56 bits per heavy atom. The summed E-state index contributed by atoms with van der Waals surface area (Å²) in [7, 11) is 0. The second-order valence-electron chi connectivity index (χ2n) is 4.91. The van der Waals surface area contributed by atoms with Crippen LogP contribution in [0.15, 0.2) is 0 Å². The lowest BCUT2D eigenvalue weighted by Gasteiger charge is -2.27. The van der Waals surface area contributed by atoms with Crippen LogP contribution in [0.4, 0.5) is 4.79 Å². The molecule has 0 unspecified atom stereocenters. The first-order chi connectivity index (χ1) is 6.83. The van der Waals surface area contributed by atoms with Gasteiger partial charge in [-0.2, -0.15) is 0 Å². The maximum absolute atomic E-state index is 11.7. The van der Waals surface area contributed by atoms with Crippen molar-refractivity contribution in [3.63, 3.8) is 0 Å². The van der Waals surface area contributed by atoms with Crippen LogP contribution < -0.4 is 5.73 Å². The highest BCUT2D eigenvalue weighted by Gasteiger charge is 2.35. The monoisotopic (exact) mass is 252 g/mol. The van der Waals surface area contributed by atoms with Gasteiger partial charge in [0, 0.05) is 12.6 Å². The Labute approximate surface area is 102 Å². The number of halogens is 1. The van der Waals surface area contributed by atoms with E-state index in [0.717, 1.165) is 0 Å². The van der Waals surface area contributed by atoms with Crippen molar-refractivity contribution in [2.45, 2.75) is 44.9 Å². The van der Waals surface area contributed by atoms with Crippen LogP contribution in [0.25, 0.3) is 0 Å². The van der Waals surface area contributed by atoms with Crippen LogP contribution in [0.5, 0.6) is 0 Å². The molecule has 1 amide bonds. The van der Waals surface area contributed by atoms with Crippen molar-refractivity contribution in [1.29, 1.82) is 0 Å². The first-order valence-electron chi connectivity index (χ1n) is 5.21. The number of aliphatic hydroxyl groups excluding tert-OH is 1. The SMILES string of the molecule is CC(C)(C)OC(=O)N1C[C@@H](O)C[C@H]1CN.Cl. The predicted molar refractivity (Wildman–Crippen MR) is 63.7 cm³/mol. The number of aliphatic hydroxyl groups is 1. The molecule has 1 heterocycles. The number of β-amino-alcohol motifs (C(OH)–C–C–N with tert-alkyl or cyclic N) is 1. The number of amides is 1. The van der Waals surface area contributed by atoms with Crippen molar-refractivity contribution in [3.8, 4) is 0 Å². The fourth-order valence-corrected chi connectivity index (χ4v) is 1.66. The minimum Gasteiger partial charge on any atom is -0.444 e. The standard InChI is InChI=1S/C10H20N2O3.ClH/c1-10(2,3)15-9(14)12-6-8(13)4-7(12)5-11;/h7-8,13H,4-6,11H2,1-3H3;1H/t7-,8-;/m0./s1. The van der Waals surface area contributed by atoms with E-state index in [1.165, 1.54) is 4.90 Å². The zero-order valence-corrected chi connectivity index (χ0v) is 10.8. The molecule has 0 aromatic carbocycles. The molecule has 0 bridgehead atoms. The molecule has 5 nitrogen and oxygen atoms in total. The molecule has 96 valence electrons. The molecule has 1 rings (SSSR count). The molecular weight excluding hydrogens is 232 g/mol. The number of ether oxygens (including phenoxy) is 1. The Balaban J connectivity index is 0.00000225. The third-order valence-electron chi connectivity index (χ3n) is 2.29. The van der Waals surface area contributed by atoms with E-state index in [1.54, 1.807) is 0 Å². The number of hydrogen-bond donors (Lipinski definition) is 2. The van der Waals surface area contributed by atoms with E-state index in [2.05, 4.69) is 0 Å². The second kappa shape index (κ2) is 5.70. The molecule has 1 saturated heterocycles. The molecule has 0 radical (unpaired) electrons. The van der Waals surface area contributed by atoms with Gasteiger partial charge in [-0.25, -0.2) is 4.79 Å². The van der Waals surface area contributed by atoms with Crippen molar-refractivity contribution < 1.29 is 14.6 Å². The Hall–Kier alpha value is -0.520. The third-order valence-corrected chi connectivity index (χ3v) is 2.29. The van der Waals surface area contributed by atoms with Crippen LogP contribution in [0.2, 0.25) is 0 Å². The van der Waals surface area contributed by atoms with Gasteiger partial charge in [-0.15, -0.1) is 12.4 Å². The van der Waals surface area contributed by atoms with E-state index >= 15 is 0 Å². The quantitative estimate of drug-likeness (QED) is 0.722. The summed E-state index contributed by atoms with van der Waals surface area (Å²) in [6.07, 6.45) is -0.337. The maximum Gasteiger partial charge on any atom is 0.410 e. The van der Waals surface area contributed by atoms with Gasteiger partial charge in [-0.1, -0.05) is 0 Å². The Morgan fingerprint density at radius 3 is 2.56 bits per heavy atom. The highest BCUT2D eigenvalue weighted by atomic mass is 35.5. The number of hydrogen-bond acceptors (Lipinski definition) is 4. The number of nitrogens with two attached hydrogens (primary N) is 1. The molecule has 0 saturated carbocycles. The average Bonchev–Trinajstić information content (AvgIpc) is 2.43. The third kappa shape index (κ3) is 4.15. The van der Waals surface area contributed by atoms with Gasteiger partial charge in [0.05, 0.1) is 12.6 Å². The van der Waals surface area contributed by atoms with Crippen molar-refractivity contribution >= 4 is 18.5 Å². The summed E-state index contributed by atoms with van der Waals surface area (Å²) in [4.78, 5) is 13.2. The molecule has 0 spiro atoms. The van der Waals surface area contributed by atoms with Gasteiger partial charge in [0.2, 0.25) is 0 Å². The van der Waals surface area contributed by atoms with E-state index in [0.29, 0.717) is 19.5 Å². The zero-order chi connectivity index (χ0) is 11.6. The first kappa shape index (κ1) is 15.5. The number of carbonyl (C=O) groups excluding carboxylic acids is 1. The minimum atomic E-state index is -0.510. The van der Waals surface area contributed by atoms with E-state index in [9.17, 15) is 9.90 Å². The number of carbonyl (C=O) groups is 1. The Morgan fingerprint density at radius 2 is 2.12 bits per heavy atom. The number of rotatable bonds is 1. The van der Waals surface area contributed by atoms with Gasteiger partial charge >= 0.3 is 6.09 Å². The highest BCUT2D eigenvalue weighted by molar-refractivity contribution is 5.85. The molecular formula is C10H21ClN2O3. The largest absolute Gasteiger partial charge is 0.444 e. The van der Waals surface area contributed by atoms with E-state index in [1.807, 2.05) is 20.8 Å². The smallest absolute Gasteiger partial charge is 0.410 e.